The van der Waals surface area contributed by atoms with Gasteiger partial charge in [0, 0.05) is 23.0 Å². The van der Waals surface area contributed by atoms with Crippen molar-refractivity contribution in [2.75, 3.05) is 0 Å². The number of carbonyl (C=O) groups excluding carboxylic acids is 2. The van der Waals surface area contributed by atoms with Gasteiger partial charge in [-0.1, -0.05) is 6.92 Å². The number of carbonyl (C=O) groups is 2. The molecule has 1 N–H and O–H groups in total. The lowest BCUT2D eigenvalue weighted by Gasteiger charge is -2.18. The van der Waals surface area contributed by atoms with Gasteiger partial charge in [0.25, 0.3) is 0 Å². The lowest BCUT2D eigenvalue weighted by atomic mass is 9.87. The van der Waals surface area contributed by atoms with Gasteiger partial charge in [-0.15, -0.1) is 0 Å². The first-order valence-electron chi connectivity index (χ1n) is 8.56. The highest BCUT2D eigenvalue weighted by molar-refractivity contribution is 5.97. The molecule has 24 heavy (non-hydrogen) atoms. The maximum Gasteiger partial charge on any atom is 0.347 e. The molecule has 2 aromatic rings. The number of H-pyrrole nitrogens is 1. The van der Waals surface area contributed by atoms with Gasteiger partial charge in [-0.2, -0.15) is 0 Å². The summed E-state index contributed by atoms with van der Waals surface area (Å²) in [5.41, 5.74) is 4.13. The van der Waals surface area contributed by atoms with Crippen LogP contribution in [0.2, 0.25) is 0 Å². The molecule has 1 aliphatic carbocycles. The van der Waals surface area contributed by atoms with Gasteiger partial charge in [-0.3, -0.25) is 0 Å². The summed E-state index contributed by atoms with van der Waals surface area (Å²) in [4.78, 5) is 27.5. The lowest BCUT2D eigenvalue weighted by molar-refractivity contribution is -0.147. The molecule has 1 saturated heterocycles. The largest absolute Gasteiger partial charge is 0.460 e. The number of hydrogen-bond donors (Lipinski definition) is 1. The topological polar surface area (TPSA) is 68.4 Å². The number of aromatic nitrogens is 1. The summed E-state index contributed by atoms with van der Waals surface area (Å²) in [6.45, 7) is 4.05. The highest BCUT2D eigenvalue weighted by Gasteiger charge is 2.35. The summed E-state index contributed by atoms with van der Waals surface area (Å²) in [5, 5.41) is 1.09. The van der Waals surface area contributed by atoms with Crippen molar-refractivity contribution in [2.45, 2.75) is 51.7 Å². The van der Waals surface area contributed by atoms with Crippen LogP contribution in [-0.2, 0) is 27.1 Å². The molecular formula is C19H21NO4. The molecule has 2 heterocycles. The van der Waals surface area contributed by atoms with Crippen LogP contribution < -0.4 is 0 Å². The molecule has 1 aliphatic heterocycles. The van der Waals surface area contributed by atoms with E-state index in [9.17, 15) is 9.59 Å². The van der Waals surface area contributed by atoms with Crippen molar-refractivity contribution < 1.29 is 19.1 Å². The van der Waals surface area contributed by atoms with Crippen molar-refractivity contribution in [3.8, 4) is 0 Å². The van der Waals surface area contributed by atoms with Crippen LogP contribution in [0.25, 0.3) is 10.9 Å². The van der Waals surface area contributed by atoms with E-state index in [4.69, 9.17) is 9.47 Å². The first-order chi connectivity index (χ1) is 11.5. The molecular weight excluding hydrogens is 306 g/mol. The maximum absolute atomic E-state index is 12.4. The Balaban J connectivity index is 1.61. The van der Waals surface area contributed by atoms with Gasteiger partial charge in [0.2, 0.25) is 6.10 Å². The third-order valence-electron chi connectivity index (χ3n) is 5.05. The fourth-order valence-electron chi connectivity index (χ4n) is 3.73. The third-order valence-corrected chi connectivity index (χ3v) is 5.05. The molecule has 0 amide bonds. The van der Waals surface area contributed by atoms with Gasteiger partial charge in [0.05, 0.1) is 5.56 Å². The van der Waals surface area contributed by atoms with Crippen LogP contribution in [0.4, 0.5) is 0 Å². The molecule has 0 radical (unpaired) electrons. The smallest absolute Gasteiger partial charge is 0.347 e. The molecule has 5 nitrogen and oxygen atoms in total. The number of aromatic amines is 1. The van der Waals surface area contributed by atoms with Crippen LogP contribution in [-0.4, -0.2) is 29.1 Å². The standard InChI is InChI=1S/C19H21NO4/c1-10-3-5-15-13(7-10)14-9-12(4-6-16(14)20-15)18(21)24-17-8-11(2)23-19(17)22/h4,6,9-11,17,20H,3,5,7-8H2,1-2H3/t10-,11+,17+/m0/s1. The maximum atomic E-state index is 12.4. The number of fused-ring (bicyclic) bond motifs is 3. The highest BCUT2D eigenvalue weighted by Crippen LogP contribution is 2.32. The molecule has 1 fully saturated rings. The number of aryl methyl sites for hydroxylation is 1. The first-order valence-corrected chi connectivity index (χ1v) is 8.56. The molecule has 0 bridgehead atoms. The average Bonchev–Trinajstić information content (AvgIpc) is 3.06. The Morgan fingerprint density at radius 2 is 2.17 bits per heavy atom. The van der Waals surface area contributed by atoms with E-state index in [1.807, 2.05) is 12.1 Å². The van der Waals surface area contributed by atoms with Crippen LogP contribution in [0.3, 0.4) is 0 Å². The number of esters is 2. The van der Waals surface area contributed by atoms with E-state index in [-0.39, 0.29) is 6.10 Å². The van der Waals surface area contributed by atoms with Gasteiger partial charge < -0.3 is 14.5 Å². The van der Waals surface area contributed by atoms with Gasteiger partial charge in [-0.25, -0.2) is 9.59 Å². The molecule has 2 aliphatic rings. The number of nitrogens with one attached hydrogen (secondary N) is 1. The second-order valence-electron chi connectivity index (χ2n) is 7.07. The van der Waals surface area contributed by atoms with E-state index in [1.165, 1.54) is 17.7 Å². The van der Waals surface area contributed by atoms with E-state index >= 15 is 0 Å². The SMILES string of the molecule is C[C@H]1CCc2[nH]c3ccc(C(=O)O[C@@H]4C[C@@H](C)OC4=O)cc3c2C1. The summed E-state index contributed by atoms with van der Waals surface area (Å²) in [6, 6.07) is 5.55. The van der Waals surface area contributed by atoms with Crippen LogP contribution in [0.5, 0.6) is 0 Å². The summed E-state index contributed by atoms with van der Waals surface area (Å²) >= 11 is 0. The van der Waals surface area contributed by atoms with Gasteiger partial charge in [0.15, 0.2) is 0 Å². The molecule has 1 aromatic carbocycles. The lowest BCUT2D eigenvalue weighted by Crippen LogP contribution is -2.22. The second-order valence-corrected chi connectivity index (χ2v) is 7.07. The summed E-state index contributed by atoms with van der Waals surface area (Å²) in [7, 11) is 0. The highest BCUT2D eigenvalue weighted by atomic mass is 16.6. The number of hydrogen-bond acceptors (Lipinski definition) is 4. The van der Waals surface area contributed by atoms with Crippen molar-refractivity contribution >= 4 is 22.8 Å². The molecule has 4 rings (SSSR count). The minimum absolute atomic E-state index is 0.198. The van der Waals surface area contributed by atoms with Crippen LogP contribution >= 0.6 is 0 Å². The number of cyclic esters (lactones) is 1. The van der Waals surface area contributed by atoms with Crippen molar-refractivity contribution in [3.63, 3.8) is 0 Å². The summed E-state index contributed by atoms with van der Waals surface area (Å²) in [6.07, 6.45) is 2.71. The Labute approximate surface area is 140 Å². The van der Waals surface area contributed by atoms with Gasteiger partial charge in [-0.05, 0) is 55.9 Å². The summed E-state index contributed by atoms with van der Waals surface area (Å²) < 4.78 is 10.4. The molecule has 0 spiro atoms. The van der Waals surface area contributed by atoms with E-state index in [0.717, 1.165) is 23.7 Å². The molecule has 5 heteroatoms. The van der Waals surface area contributed by atoms with E-state index < -0.39 is 18.0 Å². The van der Waals surface area contributed by atoms with Gasteiger partial charge >= 0.3 is 11.9 Å². The van der Waals surface area contributed by atoms with E-state index in [0.29, 0.717) is 17.9 Å². The molecule has 0 saturated carbocycles. The Bertz CT molecular complexity index is 822. The predicted octanol–water partition coefficient (Wildman–Crippen LogP) is 3.15. The van der Waals surface area contributed by atoms with E-state index in [1.54, 1.807) is 13.0 Å². The normalized spacial score (nSPS) is 26.2. The van der Waals surface area contributed by atoms with Crippen molar-refractivity contribution in [1.29, 1.82) is 0 Å². The number of ether oxygens (including phenoxy) is 2. The monoisotopic (exact) mass is 327 g/mol. The molecule has 1 aromatic heterocycles. The van der Waals surface area contributed by atoms with Crippen molar-refractivity contribution in [2.24, 2.45) is 5.92 Å². The molecule has 0 unspecified atom stereocenters. The number of rotatable bonds is 2. The number of benzene rings is 1. The fourth-order valence-corrected chi connectivity index (χ4v) is 3.73. The minimum Gasteiger partial charge on any atom is -0.460 e. The van der Waals surface area contributed by atoms with Crippen molar-refractivity contribution in [3.05, 3.63) is 35.0 Å². The van der Waals surface area contributed by atoms with Gasteiger partial charge in [0.1, 0.15) is 6.10 Å². The zero-order valence-electron chi connectivity index (χ0n) is 13.9. The quantitative estimate of drug-likeness (QED) is 0.860. The van der Waals surface area contributed by atoms with Crippen LogP contribution in [0, 0.1) is 5.92 Å². The van der Waals surface area contributed by atoms with E-state index in [2.05, 4.69) is 11.9 Å². The Kier molecular flexibility index (Phi) is 3.59. The third kappa shape index (κ3) is 2.58. The van der Waals surface area contributed by atoms with Crippen LogP contribution in [0.15, 0.2) is 18.2 Å². The summed E-state index contributed by atoms with van der Waals surface area (Å²) in [5.74, 6) is -0.265. The minimum atomic E-state index is -0.789. The first kappa shape index (κ1) is 15.2. The zero-order valence-corrected chi connectivity index (χ0v) is 13.9. The Hall–Kier alpha value is -2.30. The Morgan fingerprint density at radius 3 is 2.92 bits per heavy atom. The fraction of sp³-hybridized carbons (Fsp3) is 0.474. The molecule has 126 valence electrons. The molecule has 3 atom stereocenters. The average molecular weight is 327 g/mol. The van der Waals surface area contributed by atoms with Crippen LogP contribution in [0.1, 0.15) is 48.3 Å². The Morgan fingerprint density at radius 1 is 1.33 bits per heavy atom. The predicted molar refractivity (Wildman–Crippen MR) is 88.9 cm³/mol. The second kappa shape index (κ2) is 5.65. The van der Waals surface area contributed by atoms with Crippen molar-refractivity contribution in [1.82, 2.24) is 4.98 Å². The zero-order chi connectivity index (χ0) is 16.8.